The summed E-state index contributed by atoms with van der Waals surface area (Å²) in [5.41, 5.74) is 10.2. The van der Waals surface area contributed by atoms with E-state index in [0.717, 1.165) is 38.5 Å². The molecule has 258 valence electrons. The number of nitrogens with zero attached hydrogens (tertiary/aromatic N) is 3. The molecule has 9 nitrogen and oxygen atoms in total. The Morgan fingerprint density at radius 3 is 2.35 bits per heavy atom. The summed E-state index contributed by atoms with van der Waals surface area (Å²) < 4.78 is 11.6. The Morgan fingerprint density at radius 1 is 0.917 bits per heavy atom. The number of nitrogens with one attached hydrogen (secondary N) is 1. The maximum Gasteiger partial charge on any atom is 0.338 e. The number of esters is 2. The van der Waals surface area contributed by atoms with Crippen molar-refractivity contribution < 1.29 is 23.9 Å². The van der Waals surface area contributed by atoms with Gasteiger partial charge in [-0.25, -0.2) is 4.79 Å². The van der Waals surface area contributed by atoms with Crippen LogP contribution in [0.1, 0.15) is 91.3 Å². The largest absolute Gasteiger partial charge is 0.455 e. The Labute approximate surface area is 290 Å². The van der Waals surface area contributed by atoms with Crippen LogP contribution in [0.2, 0.25) is 14.8 Å². The third-order valence-corrected chi connectivity index (χ3v) is 13.6. The van der Waals surface area contributed by atoms with Crippen LogP contribution in [0.25, 0.3) is 10.4 Å². The van der Waals surface area contributed by atoms with E-state index in [4.69, 9.17) is 15.0 Å². The van der Waals surface area contributed by atoms with E-state index in [1.54, 1.807) is 30.3 Å². The molecule has 10 heteroatoms. The zero-order chi connectivity index (χ0) is 35.0. The van der Waals surface area contributed by atoms with Gasteiger partial charge in [-0.3, -0.25) is 4.79 Å². The maximum absolute atomic E-state index is 12.8. The van der Waals surface area contributed by atoms with Gasteiger partial charge in [0.05, 0.1) is 12.7 Å². The molecule has 2 rings (SSSR count). The van der Waals surface area contributed by atoms with Gasteiger partial charge in [-0.05, 0) is 43.9 Å². The minimum Gasteiger partial charge on any atom is -0.455 e. The second-order valence-corrected chi connectivity index (χ2v) is 27.1. The van der Waals surface area contributed by atoms with Crippen LogP contribution in [-0.2, 0) is 14.3 Å². The first-order valence-electron chi connectivity index (χ1n) is 16.9. The number of allylic oxidation sites excluding steroid dienone is 5. The van der Waals surface area contributed by atoms with Gasteiger partial charge in [-0.15, -0.1) is 0 Å². The van der Waals surface area contributed by atoms with Gasteiger partial charge in [-0.2, -0.15) is 0 Å². The predicted molar refractivity (Wildman–Crippen MR) is 196 cm³/mol. The van der Waals surface area contributed by atoms with Crippen molar-refractivity contribution in [1.82, 2.24) is 5.32 Å². The summed E-state index contributed by atoms with van der Waals surface area (Å²) in [7, 11) is 1.37. The zero-order valence-corrected chi connectivity index (χ0v) is 31.9. The molecular weight excluding hydrogens is 711 g/mol. The van der Waals surface area contributed by atoms with Crippen LogP contribution in [0.3, 0.4) is 0 Å². The first-order chi connectivity index (χ1) is 23.2. The van der Waals surface area contributed by atoms with Crippen molar-refractivity contribution >= 4 is 45.5 Å². The summed E-state index contributed by atoms with van der Waals surface area (Å²) >= 11 is -2.36. The Hall–Kier alpha value is -3.82. The van der Waals surface area contributed by atoms with Gasteiger partial charge in [0.1, 0.15) is 6.10 Å². The van der Waals surface area contributed by atoms with Gasteiger partial charge < -0.3 is 9.47 Å². The number of hydrogen-bond acceptors (Lipinski definition) is 6. The second-order valence-electron chi connectivity index (χ2n) is 12.6. The number of benzene rings is 2. The molecular formula is C38H52N4O5Sn. The smallest absolute Gasteiger partial charge is 0.338 e. The number of rotatable bonds is 22. The summed E-state index contributed by atoms with van der Waals surface area (Å²) in [6, 6.07) is 14.5. The third kappa shape index (κ3) is 16.8. The van der Waals surface area contributed by atoms with Gasteiger partial charge >= 0.3 is 155 Å². The average molecular weight is 764 g/mol. The van der Waals surface area contributed by atoms with Crippen LogP contribution < -0.4 is 8.90 Å². The summed E-state index contributed by atoms with van der Waals surface area (Å²) in [4.78, 5) is 46.5. The zero-order valence-electron chi connectivity index (χ0n) is 29.0. The number of unbranched alkanes of at least 4 members (excludes halogenated alkanes) is 6. The number of carbonyl (C=O) groups excluding carboxylic acids is 3. The fourth-order valence-electron chi connectivity index (χ4n) is 4.87. The minimum atomic E-state index is -2.36. The van der Waals surface area contributed by atoms with Crippen molar-refractivity contribution in [3.05, 3.63) is 107 Å². The van der Waals surface area contributed by atoms with Crippen LogP contribution in [0.15, 0.2) is 90.1 Å². The maximum atomic E-state index is 12.8. The number of ether oxygens (including phenoxy) is 2. The van der Waals surface area contributed by atoms with Gasteiger partial charge in [-0.1, -0.05) is 48.6 Å². The predicted octanol–water partition coefficient (Wildman–Crippen LogP) is 9.26. The van der Waals surface area contributed by atoms with Crippen molar-refractivity contribution in [1.29, 1.82) is 0 Å². The summed E-state index contributed by atoms with van der Waals surface area (Å²) in [6.45, 7) is 0.609. The normalized spacial score (nSPS) is 12.2. The Morgan fingerprint density at radius 2 is 1.65 bits per heavy atom. The van der Waals surface area contributed by atoms with Crippen molar-refractivity contribution in [2.45, 2.75) is 91.6 Å². The van der Waals surface area contributed by atoms with E-state index in [0.29, 0.717) is 36.2 Å². The molecule has 0 aromatic heterocycles. The van der Waals surface area contributed by atoms with Crippen LogP contribution >= 0.6 is 0 Å². The van der Waals surface area contributed by atoms with Crippen molar-refractivity contribution in [3.63, 3.8) is 0 Å². The molecule has 2 aromatic carbocycles. The Balaban J connectivity index is 1.61. The van der Waals surface area contributed by atoms with E-state index < -0.39 is 24.5 Å². The van der Waals surface area contributed by atoms with E-state index in [1.807, 2.05) is 36.4 Å². The third-order valence-electron chi connectivity index (χ3n) is 7.72. The molecule has 0 unspecified atom stereocenters. The molecule has 0 aliphatic heterocycles. The fourth-order valence-corrected chi connectivity index (χ4v) is 8.19. The van der Waals surface area contributed by atoms with E-state index in [2.05, 4.69) is 48.4 Å². The van der Waals surface area contributed by atoms with Gasteiger partial charge in [0, 0.05) is 6.42 Å². The van der Waals surface area contributed by atoms with Crippen LogP contribution in [-0.4, -0.2) is 56.0 Å². The molecule has 1 amide bonds. The van der Waals surface area contributed by atoms with E-state index in [-0.39, 0.29) is 24.3 Å². The van der Waals surface area contributed by atoms with E-state index in [9.17, 15) is 14.4 Å². The SMILES string of the molecule is COC(=O)CCC[C@@H](/C=C/C=C\C/C=C\CCCCCCCCNC(=O)c1c[c]([Sn]([CH3])([CH3])[CH3])ccc1N=[N+]=[N-])OC(=O)c1ccccc1. The summed E-state index contributed by atoms with van der Waals surface area (Å²) in [5.74, 6) is -0.837. The molecule has 48 heavy (non-hydrogen) atoms. The Bertz CT molecular complexity index is 1430. The first kappa shape index (κ1) is 40.4. The summed E-state index contributed by atoms with van der Waals surface area (Å²) in [6.07, 6.45) is 21.5. The molecule has 2 aromatic rings. The van der Waals surface area contributed by atoms with Crippen LogP contribution in [0.4, 0.5) is 5.69 Å². The number of methoxy groups -OCH3 is 1. The number of amides is 1. The quantitative estimate of drug-likeness (QED) is 0.0187. The molecule has 0 fully saturated rings. The second kappa shape index (κ2) is 23.5. The molecule has 0 saturated carbocycles. The fraction of sp³-hybridized carbons (Fsp3) is 0.447. The molecule has 0 aliphatic carbocycles. The molecule has 0 heterocycles. The molecule has 1 N–H and O–H groups in total. The first-order valence-corrected chi connectivity index (χ1v) is 26.9. The average Bonchev–Trinajstić information content (AvgIpc) is 3.07. The number of hydrogen-bond donors (Lipinski definition) is 1. The van der Waals surface area contributed by atoms with E-state index >= 15 is 0 Å². The monoisotopic (exact) mass is 764 g/mol. The number of azide groups is 1. The van der Waals surface area contributed by atoms with Gasteiger partial charge in [0.25, 0.3) is 0 Å². The van der Waals surface area contributed by atoms with Crippen molar-refractivity contribution in [3.8, 4) is 0 Å². The number of carbonyl (C=O) groups is 3. The van der Waals surface area contributed by atoms with E-state index in [1.165, 1.54) is 23.5 Å². The summed E-state index contributed by atoms with van der Waals surface area (Å²) in [5, 5.41) is 6.72. The van der Waals surface area contributed by atoms with Crippen molar-refractivity contribution in [2.75, 3.05) is 13.7 Å². The molecule has 0 spiro atoms. The van der Waals surface area contributed by atoms with Crippen molar-refractivity contribution in [2.24, 2.45) is 5.11 Å². The molecule has 1 atom stereocenters. The van der Waals surface area contributed by atoms with Crippen LogP contribution in [0.5, 0.6) is 0 Å². The molecule has 0 radical (unpaired) electrons. The molecule has 0 saturated heterocycles. The standard InChI is InChI=1S/C35H43N4O5.3CH3.Sn/c1-43-33(40)27-20-24-30(44-35(42)29-21-14-13-15-22-29)23-16-11-9-7-5-3-2-4-6-8-10-12-19-28-37-34(41)31-25-17-18-26-32(31)38-39-36;;;;/h3,5,9,11,13-16,18,21-23,25-26,30H,2,4,6-8,10,12,19-20,24,27-28H2,1H3,(H,37,41);3*1H3;/b5-3-,11-9-,23-16+;;;;/t30-;;;;/m1..../s1. The molecule has 0 bridgehead atoms. The topological polar surface area (TPSA) is 130 Å². The minimum absolute atomic E-state index is 0.173. The Kier molecular flexibility index (Phi) is 19.8. The van der Waals surface area contributed by atoms with Crippen LogP contribution in [0, 0.1) is 0 Å². The van der Waals surface area contributed by atoms with Gasteiger partial charge in [0.15, 0.2) is 0 Å². The van der Waals surface area contributed by atoms with Gasteiger partial charge in [0.2, 0.25) is 0 Å². The molecule has 0 aliphatic rings.